The number of anilines is 1. The van der Waals surface area contributed by atoms with Gasteiger partial charge in [-0.05, 0) is 37.1 Å². The molecule has 0 fully saturated rings. The number of allylic oxidation sites excluding steroid dienone is 1. The van der Waals surface area contributed by atoms with Crippen LogP contribution < -0.4 is 10.6 Å². The first-order valence-electron chi connectivity index (χ1n) is 8.18. The molecule has 1 unspecified atom stereocenters. The Morgan fingerprint density at radius 2 is 1.74 bits per heavy atom. The van der Waals surface area contributed by atoms with Crippen LogP contribution in [-0.2, 0) is 14.3 Å². The van der Waals surface area contributed by atoms with Gasteiger partial charge in [0.2, 0.25) is 5.91 Å². The van der Waals surface area contributed by atoms with Gasteiger partial charge in [0.25, 0.3) is 5.78 Å². The molecule has 0 heterocycles. The van der Waals surface area contributed by atoms with Gasteiger partial charge in [-0.2, -0.15) is 13.2 Å². The minimum absolute atomic E-state index is 0.240. The fourth-order valence-corrected chi connectivity index (χ4v) is 2.02. The van der Waals surface area contributed by atoms with Crippen molar-refractivity contribution in [1.29, 1.82) is 0 Å². The minimum atomic E-state index is -4.96. The fraction of sp³-hybridized carbons (Fsp3) is 0.389. The molecule has 0 spiro atoms. The first-order chi connectivity index (χ1) is 12.6. The van der Waals surface area contributed by atoms with Crippen molar-refractivity contribution in [3.05, 3.63) is 42.1 Å². The Hall–Kier alpha value is -2.84. The zero-order valence-corrected chi connectivity index (χ0v) is 15.1. The molecule has 2 N–H and O–H groups in total. The second kappa shape index (κ2) is 9.75. The molecule has 0 bridgehead atoms. The number of benzene rings is 1. The zero-order valence-electron chi connectivity index (χ0n) is 15.1. The Bertz CT molecular complexity index is 698. The molecule has 1 amide bonds. The highest BCUT2D eigenvalue weighted by molar-refractivity contribution is 5.96. The van der Waals surface area contributed by atoms with Gasteiger partial charge >= 0.3 is 12.1 Å². The number of carbonyl (C=O) groups excluding carboxylic acids is 3. The lowest BCUT2D eigenvalue weighted by Gasteiger charge is -2.20. The highest BCUT2D eigenvalue weighted by atomic mass is 19.4. The normalized spacial score (nSPS) is 12.7. The molecule has 0 aliphatic heterocycles. The lowest BCUT2D eigenvalue weighted by Crippen LogP contribution is -2.42. The standard InChI is InChI=1S/C18H21F3N2O4/c1-4-27-17(26)12-5-7-13(8-6-12)23-16(25)15(11(2)3)22-10-9-14(24)18(19,20)21/h5-11,15,22H,4H2,1-3H3,(H,23,25). The summed E-state index contributed by atoms with van der Waals surface area (Å²) in [6.45, 7) is 5.31. The largest absolute Gasteiger partial charge is 0.462 e. The molecule has 1 aromatic carbocycles. The number of hydrogen-bond donors (Lipinski definition) is 2. The average Bonchev–Trinajstić information content (AvgIpc) is 2.58. The van der Waals surface area contributed by atoms with Crippen molar-refractivity contribution in [3.8, 4) is 0 Å². The topological polar surface area (TPSA) is 84.5 Å². The lowest BCUT2D eigenvalue weighted by atomic mass is 10.0. The highest BCUT2D eigenvalue weighted by Crippen LogP contribution is 2.16. The molecule has 1 aromatic rings. The van der Waals surface area contributed by atoms with Crippen LogP contribution in [0.5, 0.6) is 0 Å². The molecule has 0 saturated carbocycles. The van der Waals surface area contributed by atoms with E-state index in [1.165, 1.54) is 24.3 Å². The van der Waals surface area contributed by atoms with Gasteiger partial charge in [0.05, 0.1) is 12.2 Å². The smallest absolute Gasteiger partial charge is 0.454 e. The first-order valence-corrected chi connectivity index (χ1v) is 8.18. The summed E-state index contributed by atoms with van der Waals surface area (Å²) in [5.41, 5.74) is 0.720. The summed E-state index contributed by atoms with van der Waals surface area (Å²) in [6, 6.07) is 5.10. The summed E-state index contributed by atoms with van der Waals surface area (Å²) < 4.78 is 41.4. The third-order valence-electron chi connectivity index (χ3n) is 3.40. The number of ether oxygens (including phenoxy) is 1. The van der Waals surface area contributed by atoms with Crippen LogP contribution >= 0.6 is 0 Å². The minimum Gasteiger partial charge on any atom is -0.462 e. The maximum atomic E-state index is 12.3. The van der Waals surface area contributed by atoms with Crippen LogP contribution in [-0.4, -0.2) is 36.5 Å². The van der Waals surface area contributed by atoms with Crippen molar-refractivity contribution in [3.63, 3.8) is 0 Å². The fourth-order valence-electron chi connectivity index (χ4n) is 2.02. The molecule has 0 aliphatic rings. The summed E-state index contributed by atoms with van der Waals surface area (Å²) in [5.74, 6) is -3.28. The van der Waals surface area contributed by atoms with Gasteiger partial charge in [0.15, 0.2) is 0 Å². The Kier molecular flexibility index (Phi) is 8.01. The van der Waals surface area contributed by atoms with Crippen molar-refractivity contribution in [2.24, 2.45) is 5.92 Å². The summed E-state index contributed by atoms with van der Waals surface area (Å²) in [5, 5.41) is 5.10. The van der Waals surface area contributed by atoms with Gasteiger partial charge in [-0.15, -0.1) is 0 Å². The second-order valence-electron chi connectivity index (χ2n) is 5.87. The van der Waals surface area contributed by atoms with E-state index < -0.39 is 29.9 Å². The number of alkyl halides is 3. The quantitative estimate of drug-likeness (QED) is 0.530. The van der Waals surface area contributed by atoms with Crippen LogP contribution in [0, 0.1) is 5.92 Å². The van der Waals surface area contributed by atoms with E-state index in [2.05, 4.69) is 10.6 Å². The highest BCUT2D eigenvalue weighted by Gasteiger charge is 2.36. The van der Waals surface area contributed by atoms with Crippen molar-refractivity contribution >= 4 is 23.3 Å². The van der Waals surface area contributed by atoms with Crippen LogP contribution in [0.1, 0.15) is 31.1 Å². The van der Waals surface area contributed by atoms with Crippen LogP contribution in [0.15, 0.2) is 36.5 Å². The maximum Gasteiger partial charge on any atom is 0.454 e. The second-order valence-corrected chi connectivity index (χ2v) is 5.87. The van der Waals surface area contributed by atoms with Crippen molar-refractivity contribution < 1.29 is 32.3 Å². The Morgan fingerprint density at radius 3 is 2.22 bits per heavy atom. The van der Waals surface area contributed by atoms with E-state index in [1.807, 2.05) is 0 Å². The first kappa shape index (κ1) is 22.2. The number of carbonyl (C=O) groups is 3. The van der Waals surface area contributed by atoms with E-state index in [0.717, 1.165) is 6.20 Å². The Balaban J connectivity index is 2.74. The molecular formula is C18H21F3N2O4. The number of nitrogens with one attached hydrogen (secondary N) is 2. The van der Waals surface area contributed by atoms with Gasteiger partial charge in [0, 0.05) is 18.0 Å². The van der Waals surface area contributed by atoms with Crippen LogP contribution in [0.3, 0.4) is 0 Å². The molecule has 0 aromatic heterocycles. The van der Waals surface area contributed by atoms with E-state index in [4.69, 9.17) is 4.74 Å². The Labute approximate surface area is 154 Å². The van der Waals surface area contributed by atoms with E-state index in [0.29, 0.717) is 17.3 Å². The summed E-state index contributed by atoms with van der Waals surface area (Å²) in [6.07, 6.45) is -3.82. The molecule has 0 saturated heterocycles. The van der Waals surface area contributed by atoms with E-state index in [9.17, 15) is 27.6 Å². The molecule has 1 rings (SSSR count). The predicted octanol–water partition coefficient (Wildman–Crippen LogP) is 3.06. The van der Waals surface area contributed by atoms with Gasteiger partial charge in [-0.1, -0.05) is 13.8 Å². The van der Waals surface area contributed by atoms with Gasteiger partial charge in [-0.3, -0.25) is 9.59 Å². The molecule has 9 heteroatoms. The number of rotatable bonds is 8. The van der Waals surface area contributed by atoms with Gasteiger partial charge in [-0.25, -0.2) is 4.79 Å². The molecule has 27 heavy (non-hydrogen) atoms. The van der Waals surface area contributed by atoms with E-state index >= 15 is 0 Å². The third-order valence-corrected chi connectivity index (χ3v) is 3.40. The average molecular weight is 386 g/mol. The predicted molar refractivity (Wildman–Crippen MR) is 93.0 cm³/mol. The Morgan fingerprint density at radius 1 is 1.15 bits per heavy atom. The van der Waals surface area contributed by atoms with Crippen LogP contribution in [0.2, 0.25) is 0 Å². The number of amides is 1. The SMILES string of the molecule is CCOC(=O)c1ccc(NC(=O)C(NC=CC(=O)C(F)(F)F)C(C)C)cc1. The molecular weight excluding hydrogens is 365 g/mol. The van der Waals surface area contributed by atoms with Crippen molar-refractivity contribution in [2.45, 2.75) is 33.0 Å². The van der Waals surface area contributed by atoms with Crippen molar-refractivity contribution in [1.82, 2.24) is 5.32 Å². The zero-order chi connectivity index (χ0) is 20.6. The molecule has 6 nitrogen and oxygen atoms in total. The number of halogens is 3. The number of esters is 1. The van der Waals surface area contributed by atoms with Crippen LogP contribution in [0.4, 0.5) is 18.9 Å². The molecule has 1 atom stereocenters. The van der Waals surface area contributed by atoms with E-state index in [-0.39, 0.29) is 12.5 Å². The third kappa shape index (κ3) is 7.12. The number of hydrogen-bond acceptors (Lipinski definition) is 5. The maximum absolute atomic E-state index is 12.3. The summed E-state index contributed by atoms with van der Waals surface area (Å²) >= 11 is 0. The summed E-state index contributed by atoms with van der Waals surface area (Å²) in [4.78, 5) is 34.7. The monoisotopic (exact) mass is 386 g/mol. The van der Waals surface area contributed by atoms with Crippen LogP contribution in [0.25, 0.3) is 0 Å². The molecule has 148 valence electrons. The lowest BCUT2D eigenvalue weighted by molar-refractivity contribution is -0.165. The summed E-state index contributed by atoms with van der Waals surface area (Å²) in [7, 11) is 0. The van der Waals surface area contributed by atoms with Gasteiger partial charge < -0.3 is 15.4 Å². The number of ketones is 1. The van der Waals surface area contributed by atoms with Gasteiger partial charge in [0.1, 0.15) is 6.04 Å². The molecule has 0 radical (unpaired) electrons. The molecule has 0 aliphatic carbocycles. The van der Waals surface area contributed by atoms with Crippen molar-refractivity contribution in [2.75, 3.05) is 11.9 Å². The van der Waals surface area contributed by atoms with E-state index in [1.54, 1.807) is 20.8 Å².